The lowest BCUT2D eigenvalue weighted by molar-refractivity contribution is -0.141. The first-order valence-corrected chi connectivity index (χ1v) is 9.15. The van der Waals surface area contributed by atoms with Crippen LogP contribution in [0.4, 0.5) is 0 Å². The molecular formula is C20H29N3O8. The third-order valence-corrected chi connectivity index (χ3v) is 3.81. The lowest BCUT2D eigenvalue weighted by atomic mass is 10.1. The molecule has 2 rings (SSSR count). The van der Waals surface area contributed by atoms with E-state index in [-0.39, 0.29) is 29.5 Å². The van der Waals surface area contributed by atoms with E-state index >= 15 is 0 Å². The van der Waals surface area contributed by atoms with Crippen LogP contribution in [-0.4, -0.2) is 63.4 Å². The summed E-state index contributed by atoms with van der Waals surface area (Å²) >= 11 is 0. The Morgan fingerprint density at radius 1 is 1.00 bits per heavy atom. The van der Waals surface area contributed by atoms with Crippen molar-refractivity contribution in [3.63, 3.8) is 0 Å². The predicted molar refractivity (Wildman–Crippen MR) is 113 cm³/mol. The van der Waals surface area contributed by atoms with Crippen molar-refractivity contribution in [2.45, 2.75) is 19.3 Å². The Hall–Kier alpha value is -3.54. The molecule has 0 aliphatic heterocycles. The van der Waals surface area contributed by atoms with Crippen LogP contribution in [0.2, 0.25) is 0 Å². The second-order valence-electron chi connectivity index (χ2n) is 5.87. The largest absolute Gasteiger partial charge is 0.504 e. The number of aliphatic carboxylic acids is 1. The fourth-order valence-corrected chi connectivity index (χ4v) is 2.42. The number of nitrogens with one attached hydrogen (secondary N) is 1. The number of carbonyl (C=O) groups is 2. The normalized spacial score (nSPS) is 9.77. The van der Waals surface area contributed by atoms with E-state index in [4.69, 9.17) is 14.7 Å². The summed E-state index contributed by atoms with van der Waals surface area (Å²) in [6.07, 6.45) is 1.71. The van der Waals surface area contributed by atoms with Crippen LogP contribution < -0.4 is 16.2 Å². The molecule has 0 bridgehead atoms. The maximum atomic E-state index is 11.0. The number of hydrogen-bond acceptors (Lipinski definition) is 10. The zero-order chi connectivity index (χ0) is 23.8. The molecule has 0 amide bonds. The van der Waals surface area contributed by atoms with Gasteiger partial charge in [0.25, 0.3) is 0 Å². The molecule has 11 heteroatoms. The predicted octanol–water partition coefficient (Wildman–Crippen LogP) is 1.11. The fraction of sp³-hybridized carbons (Fsp3) is 0.300. The Bertz CT molecular complexity index is 804. The number of nitrogens with two attached hydrogens (primary N) is 1. The van der Waals surface area contributed by atoms with E-state index in [1.807, 2.05) is 6.79 Å². The third-order valence-electron chi connectivity index (χ3n) is 3.81. The first-order chi connectivity index (χ1) is 14.9. The summed E-state index contributed by atoms with van der Waals surface area (Å²) in [5.41, 5.74) is 7.55. The minimum Gasteiger partial charge on any atom is -0.504 e. The highest BCUT2D eigenvalue weighted by Gasteiger charge is 2.13. The molecule has 0 saturated carbocycles. The molecule has 172 valence electrons. The molecular weight excluding hydrogens is 410 g/mol. The van der Waals surface area contributed by atoms with E-state index in [1.165, 1.54) is 36.3 Å². The molecule has 0 heterocycles. The Kier molecular flexibility index (Phi) is 13.6. The molecule has 0 unspecified atom stereocenters. The monoisotopic (exact) mass is 439 g/mol. The quantitative estimate of drug-likeness (QED) is 0.160. The molecule has 0 atom stereocenters. The molecule has 0 aliphatic rings. The lowest BCUT2D eigenvalue weighted by Gasteiger charge is -2.21. The van der Waals surface area contributed by atoms with Gasteiger partial charge in [-0.25, -0.2) is 5.01 Å². The van der Waals surface area contributed by atoms with Gasteiger partial charge >= 0.3 is 5.97 Å². The van der Waals surface area contributed by atoms with Gasteiger partial charge in [-0.05, 0) is 50.1 Å². The Labute approximate surface area is 179 Å². The van der Waals surface area contributed by atoms with E-state index in [9.17, 15) is 25.2 Å². The van der Waals surface area contributed by atoms with Crippen LogP contribution >= 0.6 is 0 Å². The number of phenolic OH excluding ortho intramolecular Hbond substituents is 4. The number of phenols is 4. The molecule has 0 aromatic heterocycles. The van der Waals surface area contributed by atoms with Crippen molar-refractivity contribution in [3.8, 4) is 28.7 Å². The number of unbranched alkanes of at least 4 members (excludes halogenated alkanes) is 1. The fourth-order valence-electron chi connectivity index (χ4n) is 2.42. The minimum atomic E-state index is -1.07. The summed E-state index contributed by atoms with van der Waals surface area (Å²) in [6.45, 7) is 1.96. The molecule has 2 aromatic carbocycles. The van der Waals surface area contributed by atoms with Crippen molar-refractivity contribution in [2.24, 2.45) is 5.73 Å². The van der Waals surface area contributed by atoms with Gasteiger partial charge in [-0.1, -0.05) is 23.8 Å². The van der Waals surface area contributed by atoms with E-state index in [0.717, 1.165) is 0 Å². The summed E-state index contributed by atoms with van der Waals surface area (Å²) in [5.74, 6) is -2.27. The molecule has 0 radical (unpaired) electrons. The number of aryl methyl sites for hydroxylation is 1. The van der Waals surface area contributed by atoms with Crippen molar-refractivity contribution in [2.75, 3.05) is 20.1 Å². The van der Waals surface area contributed by atoms with Crippen LogP contribution in [0.25, 0.3) is 0 Å². The summed E-state index contributed by atoms with van der Waals surface area (Å²) in [6, 6.07) is 8.90. The lowest BCUT2D eigenvalue weighted by Crippen LogP contribution is -2.44. The standard InChI is InChI=1S/C18H22N2O7.CH5N.CH2O/c21-13-7-3-6-12(17(13)25)5-1-2-10-20(11-16(23)24)19-27-15-9-4-8-14(22)18(15)26;2*1-2/h3-4,6-9,19,21-22,25-26H,1-2,5,10-11H2,(H,23,24);2H2,1H3;1H2. The van der Waals surface area contributed by atoms with Gasteiger partial charge in [0, 0.05) is 6.54 Å². The number of hydrazine groups is 1. The molecule has 2 aromatic rings. The highest BCUT2D eigenvalue weighted by Crippen LogP contribution is 2.34. The number of para-hydroxylation sites is 2. The van der Waals surface area contributed by atoms with Crippen molar-refractivity contribution >= 4 is 12.8 Å². The first-order valence-electron chi connectivity index (χ1n) is 9.15. The van der Waals surface area contributed by atoms with Gasteiger partial charge in [0.15, 0.2) is 23.0 Å². The number of hydrogen-bond donors (Lipinski definition) is 7. The van der Waals surface area contributed by atoms with E-state index < -0.39 is 11.7 Å². The number of carbonyl (C=O) groups excluding carboxylic acids is 1. The van der Waals surface area contributed by atoms with Gasteiger partial charge in [0.2, 0.25) is 5.75 Å². The summed E-state index contributed by atoms with van der Waals surface area (Å²) < 4.78 is 0. The topological polar surface area (TPSA) is 186 Å². The second kappa shape index (κ2) is 15.3. The minimum absolute atomic E-state index is 0.0462. The molecule has 8 N–H and O–H groups in total. The van der Waals surface area contributed by atoms with Crippen molar-refractivity contribution in [3.05, 3.63) is 42.0 Å². The first kappa shape index (κ1) is 27.5. The van der Waals surface area contributed by atoms with Crippen LogP contribution in [0.3, 0.4) is 0 Å². The Morgan fingerprint density at radius 2 is 1.58 bits per heavy atom. The maximum Gasteiger partial charge on any atom is 0.319 e. The molecule has 0 saturated heterocycles. The third kappa shape index (κ3) is 9.67. The zero-order valence-electron chi connectivity index (χ0n) is 17.2. The van der Waals surface area contributed by atoms with Crippen LogP contribution in [0.1, 0.15) is 18.4 Å². The van der Waals surface area contributed by atoms with Gasteiger partial charge in [-0.15, -0.1) is 0 Å². The number of aromatic hydroxyl groups is 4. The van der Waals surface area contributed by atoms with Crippen LogP contribution in [0.15, 0.2) is 36.4 Å². The summed E-state index contributed by atoms with van der Waals surface area (Å²) in [7, 11) is 1.50. The molecule has 11 nitrogen and oxygen atoms in total. The van der Waals surface area contributed by atoms with Crippen LogP contribution in [-0.2, 0) is 16.0 Å². The van der Waals surface area contributed by atoms with Gasteiger partial charge in [-0.2, -0.15) is 0 Å². The smallest absolute Gasteiger partial charge is 0.319 e. The summed E-state index contributed by atoms with van der Waals surface area (Å²) in [4.78, 5) is 24.2. The number of rotatable bonds is 10. The molecule has 0 aliphatic carbocycles. The number of benzene rings is 2. The van der Waals surface area contributed by atoms with Gasteiger partial charge < -0.3 is 40.9 Å². The van der Waals surface area contributed by atoms with Gasteiger partial charge in [0.1, 0.15) is 13.3 Å². The maximum absolute atomic E-state index is 11.0. The van der Waals surface area contributed by atoms with E-state index in [0.29, 0.717) is 31.4 Å². The van der Waals surface area contributed by atoms with E-state index in [2.05, 4.69) is 11.3 Å². The van der Waals surface area contributed by atoms with Crippen molar-refractivity contribution < 1.29 is 40.0 Å². The molecule has 31 heavy (non-hydrogen) atoms. The Balaban J connectivity index is 0.00000212. The van der Waals surface area contributed by atoms with Gasteiger partial charge in [-0.3, -0.25) is 4.79 Å². The highest BCUT2D eigenvalue weighted by atomic mass is 16.7. The van der Waals surface area contributed by atoms with Crippen LogP contribution in [0, 0.1) is 0 Å². The van der Waals surface area contributed by atoms with E-state index in [1.54, 1.807) is 12.1 Å². The number of carboxylic acids is 1. The van der Waals surface area contributed by atoms with Crippen molar-refractivity contribution in [1.29, 1.82) is 0 Å². The number of carboxylic acid groups (broad SMARTS) is 1. The van der Waals surface area contributed by atoms with Crippen molar-refractivity contribution in [1.82, 2.24) is 10.6 Å². The zero-order valence-corrected chi connectivity index (χ0v) is 17.2. The average molecular weight is 439 g/mol. The second-order valence-corrected chi connectivity index (χ2v) is 5.87. The summed E-state index contributed by atoms with van der Waals surface area (Å²) in [5, 5.41) is 48.7. The van der Waals surface area contributed by atoms with Gasteiger partial charge in [0.05, 0.1) is 0 Å². The number of nitrogens with zero attached hydrogens (tertiary/aromatic N) is 1. The molecule has 0 fully saturated rings. The average Bonchev–Trinajstić information content (AvgIpc) is 2.77. The SMILES string of the molecule is C=O.CN.O=C(O)CN(CCCCc1cccc(O)c1O)NOc1cccc(O)c1O. The Morgan fingerprint density at radius 3 is 2.19 bits per heavy atom. The van der Waals surface area contributed by atoms with Crippen LogP contribution in [0.5, 0.6) is 28.7 Å². The molecule has 0 spiro atoms. The highest BCUT2D eigenvalue weighted by molar-refractivity contribution is 5.68.